The van der Waals surface area contributed by atoms with Crippen molar-refractivity contribution in [3.8, 4) is 0 Å². The second-order valence-electron chi connectivity index (χ2n) is 5.29. The van der Waals surface area contributed by atoms with E-state index in [4.69, 9.17) is 5.11 Å². The van der Waals surface area contributed by atoms with Gasteiger partial charge in [0.1, 0.15) is 12.2 Å². The highest BCUT2D eigenvalue weighted by molar-refractivity contribution is 5.86. The van der Waals surface area contributed by atoms with Crippen LogP contribution < -0.4 is 0 Å². The number of piperidine rings is 1. The first-order chi connectivity index (χ1) is 9.49. The molecule has 1 fully saturated rings. The van der Waals surface area contributed by atoms with E-state index in [0.29, 0.717) is 13.1 Å². The van der Waals surface area contributed by atoms with Gasteiger partial charge in [-0.05, 0) is 37.8 Å². The van der Waals surface area contributed by atoms with Crippen LogP contribution >= 0.6 is 0 Å². The Morgan fingerprint density at radius 1 is 1.40 bits per heavy atom. The molecule has 2 N–H and O–H groups in total. The number of carbonyl (C=O) groups is 2. The number of nitrogens with zero attached hydrogens (tertiary/aromatic N) is 2. The zero-order chi connectivity index (χ0) is 14.7. The van der Waals surface area contributed by atoms with Crippen LogP contribution in [0.1, 0.15) is 30.3 Å². The summed E-state index contributed by atoms with van der Waals surface area (Å²) in [6.45, 7) is 3.07. The number of aliphatic hydroxyl groups excluding tert-OH is 1. The molecule has 6 nitrogen and oxygen atoms in total. The van der Waals surface area contributed by atoms with Crippen molar-refractivity contribution in [3.63, 3.8) is 0 Å². The second-order valence-corrected chi connectivity index (χ2v) is 5.29. The lowest BCUT2D eigenvalue weighted by atomic mass is 9.92. The first-order valence-corrected chi connectivity index (χ1v) is 6.83. The van der Waals surface area contributed by atoms with Gasteiger partial charge in [-0.1, -0.05) is 0 Å². The number of hydrogen-bond donors (Lipinski definition) is 2. The van der Waals surface area contributed by atoms with Crippen LogP contribution in [0.5, 0.6) is 0 Å². The molecule has 0 bridgehead atoms. The molecule has 1 aliphatic heterocycles. The lowest BCUT2D eigenvalue weighted by Gasteiger charge is -2.33. The summed E-state index contributed by atoms with van der Waals surface area (Å²) in [6, 6.07) is 3.10. The number of aromatic carboxylic acids is 1. The fourth-order valence-corrected chi connectivity index (χ4v) is 2.62. The summed E-state index contributed by atoms with van der Waals surface area (Å²) in [5.74, 6) is -0.858. The average Bonchev–Trinajstić information content (AvgIpc) is 2.87. The van der Waals surface area contributed by atoms with Gasteiger partial charge < -0.3 is 19.7 Å². The zero-order valence-electron chi connectivity index (χ0n) is 11.5. The Balaban J connectivity index is 1.93. The maximum Gasteiger partial charge on any atom is 0.352 e. The average molecular weight is 280 g/mol. The molecule has 1 unspecified atom stereocenters. The number of hydrogen-bond acceptors (Lipinski definition) is 3. The Morgan fingerprint density at radius 2 is 2.05 bits per heavy atom. The third-order valence-electron chi connectivity index (χ3n) is 3.93. The third-order valence-corrected chi connectivity index (χ3v) is 3.93. The monoisotopic (exact) mass is 280 g/mol. The number of rotatable bonds is 4. The van der Waals surface area contributed by atoms with Crippen LogP contribution in [0.25, 0.3) is 0 Å². The van der Waals surface area contributed by atoms with Crippen LogP contribution in [0.2, 0.25) is 0 Å². The molecule has 1 aromatic heterocycles. The van der Waals surface area contributed by atoms with Crippen LogP contribution in [0.15, 0.2) is 18.3 Å². The van der Waals surface area contributed by atoms with Gasteiger partial charge in [-0.25, -0.2) is 4.79 Å². The van der Waals surface area contributed by atoms with Crippen molar-refractivity contribution < 1.29 is 19.8 Å². The molecule has 0 spiro atoms. The molecule has 1 atom stereocenters. The van der Waals surface area contributed by atoms with E-state index in [2.05, 4.69) is 0 Å². The van der Waals surface area contributed by atoms with E-state index >= 15 is 0 Å². The van der Waals surface area contributed by atoms with Gasteiger partial charge in [-0.3, -0.25) is 4.79 Å². The van der Waals surface area contributed by atoms with Crippen LogP contribution in [0, 0.1) is 5.92 Å². The molecule has 1 saturated heterocycles. The molecule has 0 saturated carbocycles. The van der Waals surface area contributed by atoms with E-state index in [-0.39, 0.29) is 30.2 Å². The van der Waals surface area contributed by atoms with Crippen molar-refractivity contribution in [2.75, 3.05) is 13.1 Å². The SMILES string of the molecule is CC(O)C1CCN(C(=O)Cn2cccc2C(=O)O)CC1. The Bertz CT molecular complexity index is 487. The van der Waals surface area contributed by atoms with E-state index in [1.54, 1.807) is 24.1 Å². The van der Waals surface area contributed by atoms with Crippen molar-refractivity contribution in [2.45, 2.75) is 32.4 Å². The van der Waals surface area contributed by atoms with Crippen molar-refractivity contribution in [1.29, 1.82) is 0 Å². The predicted molar refractivity (Wildman–Crippen MR) is 72.4 cm³/mol. The molecule has 0 aromatic carbocycles. The Labute approximate surface area is 117 Å². The number of likely N-dealkylation sites (tertiary alicyclic amines) is 1. The largest absolute Gasteiger partial charge is 0.477 e. The minimum absolute atomic E-state index is 0.0496. The molecule has 6 heteroatoms. The summed E-state index contributed by atoms with van der Waals surface area (Å²) in [4.78, 5) is 24.9. The van der Waals surface area contributed by atoms with Gasteiger partial charge in [0.15, 0.2) is 0 Å². The van der Waals surface area contributed by atoms with Gasteiger partial charge in [0.05, 0.1) is 6.10 Å². The molecule has 1 aromatic rings. The van der Waals surface area contributed by atoms with Crippen LogP contribution in [0.3, 0.4) is 0 Å². The highest BCUT2D eigenvalue weighted by Crippen LogP contribution is 2.20. The van der Waals surface area contributed by atoms with E-state index in [1.807, 2.05) is 0 Å². The maximum absolute atomic E-state index is 12.2. The van der Waals surface area contributed by atoms with Gasteiger partial charge in [0, 0.05) is 19.3 Å². The smallest absolute Gasteiger partial charge is 0.352 e. The standard InChI is InChI=1S/C14H20N2O4/c1-10(17)11-4-7-15(8-5-11)13(18)9-16-6-2-3-12(16)14(19)20/h2-3,6,10-11,17H,4-5,7-9H2,1H3,(H,19,20). The van der Waals surface area contributed by atoms with Gasteiger partial charge in [-0.15, -0.1) is 0 Å². The van der Waals surface area contributed by atoms with E-state index in [0.717, 1.165) is 12.8 Å². The lowest BCUT2D eigenvalue weighted by Crippen LogP contribution is -2.42. The first-order valence-electron chi connectivity index (χ1n) is 6.83. The molecular weight excluding hydrogens is 260 g/mol. The maximum atomic E-state index is 12.2. The quantitative estimate of drug-likeness (QED) is 0.855. The van der Waals surface area contributed by atoms with Crippen LogP contribution in [-0.2, 0) is 11.3 Å². The highest BCUT2D eigenvalue weighted by atomic mass is 16.4. The summed E-state index contributed by atoms with van der Waals surface area (Å²) in [5, 5.41) is 18.5. The predicted octanol–water partition coefficient (Wildman–Crippen LogP) is 0.806. The van der Waals surface area contributed by atoms with Crippen LogP contribution in [0.4, 0.5) is 0 Å². The van der Waals surface area contributed by atoms with Crippen molar-refractivity contribution >= 4 is 11.9 Å². The third kappa shape index (κ3) is 3.19. The van der Waals surface area contributed by atoms with Gasteiger partial charge in [0.2, 0.25) is 5.91 Å². The van der Waals surface area contributed by atoms with Gasteiger partial charge in [0.25, 0.3) is 0 Å². The fourth-order valence-electron chi connectivity index (χ4n) is 2.62. The van der Waals surface area contributed by atoms with Gasteiger partial charge in [-0.2, -0.15) is 0 Å². The summed E-state index contributed by atoms with van der Waals surface area (Å²) in [5.41, 5.74) is 0.122. The van der Waals surface area contributed by atoms with E-state index in [9.17, 15) is 14.7 Å². The normalized spacial score (nSPS) is 18.0. The number of amides is 1. The van der Waals surface area contributed by atoms with E-state index in [1.165, 1.54) is 10.6 Å². The summed E-state index contributed by atoms with van der Waals surface area (Å²) < 4.78 is 1.45. The lowest BCUT2D eigenvalue weighted by molar-refractivity contribution is -0.133. The van der Waals surface area contributed by atoms with Crippen LogP contribution in [-0.4, -0.2) is 50.8 Å². The van der Waals surface area contributed by atoms with Crippen molar-refractivity contribution in [1.82, 2.24) is 9.47 Å². The Morgan fingerprint density at radius 3 is 2.60 bits per heavy atom. The molecule has 1 amide bonds. The number of carboxylic acids is 1. The van der Waals surface area contributed by atoms with Crippen molar-refractivity contribution in [2.24, 2.45) is 5.92 Å². The molecule has 20 heavy (non-hydrogen) atoms. The number of aliphatic hydroxyl groups is 1. The molecule has 110 valence electrons. The van der Waals surface area contributed by atoms with Gasteiger partial charge >= 0.3 is 5.97 Å². The molecule has 0 aliphatic carbocycles. The Hall–Kier alpha value is -1.82. The molecule has 2 heterocycles. The molecule has 0 radical (unpaired) electrons. The Kier molecular flexibility index (Phi) is 4.44. The number of carbonyl (C=O) groups excluding carboxylic acids is 1. The summed E-state index contributed by atoms with van der Waals surface area (Å²) in [7, 11) is 0. The minimum Gasteiger partial charge on any atom is -0.477 e. The minimum atomic E-state index is -1.03. The zero-order valence-corrected chi connectivity index (χ0v) is 11.5. The molecule has 2 rings (SSSR count). The number of aromatic nitrogens is 1. The van der Waals surface area contributed by atoms with E-state index < -0.39 is 5.97 Å². The summed E-state index contributed by atoms with van der Waals surface area (Å²) >= 11 is 0. The highest BCUT2D eigenvalue weighted by Gasteiger charge is 2.25. The molecular formula is C14H20N2O4. The number of carboxylic acid groups (broad SMARTS) is 1. The summed E-state index contributed by atoms with van der Waals surface area (Å²) in [6.07, 6.45) is 2.85. The second kappa shape index (κ2) is 6.09. The fraction of sp³-hybridized carbons (Fsp3) is 0.571. The molecule has 1 aliphatic rings. The first kappa shape index (κ1) is 14.6. The topological polar surface area (TPSA) is 82.8 Å². The van der Waals surface area contributed by atoms with Crippen molar-refractivity contribution in [3.05, 3.63) is 24.0 Å².